The lowest BCUT2D eigenvalue weighted by molar-refractivity contribution is -0.480. The Labute approximate surface area is 65.3 Å². The van der Waals surface area contributed by atoms with Crippen molar-refractivity contribution < 1.29 is 15.0 Å². The van der Waals surface area contributed by atoms with Crippen LogP contribution in [-0.4, -0.2) is 28.6 Å². The van der Waals surface area contributed by atoms with Gasteiger partial charge in [-0.05, 0) is 12.7 Å². The Kier molecular flexibility index (Phi) is 5.78. The highest BCUT2D eigenvalue weighted by Gasteiger charge is 2.05. The fourth-order valence-corrected chi connectivity index (χ4v) is 0.745. The maximum Gasteiger partial charge on any atom is 0.451 e. The third kappa shape index (κ3) is 9.38. The molecule has 0 aromatic rings. The fourth-order valence-electron chi connectivity index (χ4n) is 0.745. The van der Waals surface area contributed by atoms with Crippen LogP contribution in [0.25, 0.3) is 0 Å². The van der Waals surface area contributed by atoms with Crippen molar-refractivity contribution in [3.63, 3.8) is 0 Å². The second-order valence-corrected chi connectivity index (χ2v) is 2.39. The van der Waals surface area contributed by atoms with Crippen molar-refractivity contribution in [1.29, 1.82) is 0 Å². The first kappa shape index (κ1) is 10.4. The van der Waals surface area contributed by atoms with Crippen LogP contribution in [0.1, 0.15) is 19.3 Å². The minimum Gasteiger partial charge on any atom is -0.427 e. The third-order valence-corrected chi connectivity index (χ3v) is 1.30. The average Bonchev–Trinajstić information content (AvgIpc) is 1.85. The Morgan fingerprint density at radius 1 is 1.27 bits per heavy atom. The van der Waals surface area contributed by atoms with Crippen molar-refractivity contribution in [3.8, 4) is 0 Å². The molecular formula is C5H12BNO4. The van der Waals surface area contributed by atoms with E-state index < -0.39 is 7.12 Å². The highest BCUT2D eigenvalue weighted by Crippen LogP contribution is 2.01. The predicted octanol–water partition coefficient (Wildman–Crippen LogP) is -0.0938. The van der Waals surface area contributed by atoms with Gasteiger partial charge in [0.25, 0.3) is 0 Å². The first-order valence-corrected chi connectivity index (χ1v) is 3.61. The van der Waals surface area contributed by atoms with Gasteiger partial charge in [0.15, 0.2) is 0 Å². The zero-order chi connectivity index (χ0) is 8.69. The lowest BCUT2D eigenvalue weighted by Crippen LogP contribution is -2.09. The van der Waals surface area contributed by atoms with Crippen molar-refractivity contribution in [2.75, 3.05) is 6.54 Å². The van der Waals surface area contributed by atoms with Crippen molar-refractivity contribution in [2.24, 2.45) is 0 Å². The van der Waals surface area contributed by atoms with Gasteiger partial charge in [-0.2, -0.15) is 0 Å². The second-order valence-electron chi connectivity index (χ2n) is 2.39. The maximum atomic E-state index is 9.80. The SMILES string of the molecule is O=[N+]([O-])CCCCCB(O)O. The lowest BCUT2D eigenvalue weighted by Gasteiger charge is -1.96. The van der Waals surface area contributed by atoms with E-state index >= 15 is 0 Å². The van der Waals surface area contributed by atoms with E-state index in [0.29, 0.717) is 25.6 Å². The quantitative estimate of drug-likeness (QED) is 0.246. The Morgan fingerprint density at radius 2 is 1.91 bits per heavy atom. The van der Waals surface area contributed by atoms with Crippen LogP contribution in [-0.2, 0) is 0 Å². The summed E-state index contributed by atoms with van der Waals surface area (Å²) in [5.74, 6) is 0. The summed E-state index contributed by atoms with van der Waals surface area (Å²) in [4.78, 5) is 9.44. The Bertz CT molecular complexity index is 119. The highest BCUT2D eigenvalue weighted by molar-refractivity contribution is 6.40. The zero-order valence-corrected chi connectivity index (χ0v) is 6.27. The molecule has 0 aliphatic heterocycles. The molecule has 5 nitrogen and oxygen atoms in total. The van der Waals surface area contributed by atoms with Gasteiger partial charge in [0.05, 0.1) is 0 Å². The van der Waals surface area contributed by atoms with Crippen molar-refractivity contribution >= 4 is 7.12 Å². The molecule has 0 aromatic heterocycles. The van der Waals surface area contributed by atoms with Crippen LogP contribution < -0.4 is 0 Å². The van der Waals surface area contributed by atoms with Gasteiger partial charge >= 0.3 is 7.12 Å². The van der Waals surface area contributed by atoms with Gasteiger partial charge in [-0.3, -0.25) is 10.1 Å². The Morgan fingerprint density at radius 3 is 2.36 bits per heavy atom. The number of hydrogen-bond acceptors (Lipinski definition) is 4. The molecule has 0 aliphatic carbocycles. The number of nitrogens with zero attached hydrogens (tertiary/aromatic N) is 1. The van der Waals surface area contributed by atoms with Crippen molar-refractivity contribution in [1.82, 2.24) is 0 Å². The summed E-state index contributed by atoms with van der Waals surface area (Å²) in [6, 6.07) is 0. The van der Waals surface area contributed by atoms with Gasteiger partial charge in [0.2, 0.25) is 6.54 Å². The molecule has 64 valence electrons. The molecular weight excluding hydrogens is 149 g/mol. The van der Waals surface area contributed by atoms with Crippen LogP contribution in [0.15, 0.2) is 0 Å². The molecule has 0 rings (SSSR count). The standard InChI is InChI=1S/C5H12BNO4/c8-6(9)4-2-1-3-5-7(10)11/h8-9H,1-5H2. The molecule has 0 spiro atoms. The largest absolute Gasteiger partial charge is 0.451 e. The van der Waals surface area contributed by atoms with E-state index in [1.54, 1.807) is 0 Å². The lowest BCUT2D eigenvalue weighted by atomic mass is 9.83. The molecule has 0 atom stereocenters. The summed E-state index contributed by atoms with van der Waals surface area (Å²) in [5.41, 5.74) is 0. The average molecular weight is 161 g/mol. The molecule has 0 aliphatic rings. The van der Waals surface area contributed by atoms with Crippen LogP contribution in [0.2, 0.25) is 6.32 Å². The number of hydrogen-bond donors (Lipinski definition) is 2. The van der Waals surface area contributed by atoms with Gasteiger partial charge in [0.1, 0.15) is 0 Å². The van der Waals surface area contributed by atoms with E-state index in [-0.39, 0.29) is 11.5 Å². The number of rotatable bonds is 6. The molecule has 0 heterocycles. The first-order chi connectivity index (χ1) is 5.13. The van der Waals surface area contributed by atoms with Crippen LogP contribution in [0, 0.1) is 10.1 Å². The molecule has 0 saturated heterocycles. The first-order valence-electron chi connectivity index (χ1n) is 3.61. The molecule has 0 saturated carbocycles. The highest BCUT2D eigenvalue weighted by atomic mass is 16.6. The summed E-state index contributed by atoms with van der Waals surface area (Å²) in [5, 5.41) is 26.6. The smallest absolute Gasteiger partial charge is 0.427 e. The molecule has 6 heteroatoms. The van der Waals surface area contributed by atoms with E-state index in [0.717, 1.165) is 0 Å². The summed E-state index contributed by atoms with van der Waals surface area (Å²) in [6.45, 7) is -0.0263. The summed E-state index contributed by atoms with van der Waals surface area (Å²) < 4.78 is 0. The molecule has 0 radical (unpaired) electrons. The van der Waals surface area contributed by atoms with E-state index in [1.165, 1.54) is 0 Å². The van der Waals surface area contributed by atoms with Crippen molar-refractivity contribution in [2.45, 2.75) is 25.6 Å². The van der Waals surface area contributed by atoms with Gasteiger partial charge in [-0.25, -0.2) is 0 Å². The molecule has 0 aromatic carbocycles. The van der Waals surface area contributed by atoms with E-state index in [9.17, 15) is 10.1 Å². The molecule has 0 unspecified atom stereocenters. The Balaban J connectivity index is 2.97. The molecule has 0 bridgehead atoms. The predicted molar refractivity (Wildman–Crippen MR) is 40.7 cm³/mol. The minimum atomic E-state index is -1.27. The van der Waals surface area contributed by atoms with E-state index in [1.807, 2.05) is 0 Å². The fraction of sp³-hybridized carbons (Fsp3) is 1.00. The molecule has 0 fully saturated rings. The molecule has 0 amide bonds. The second kappa shape index (κ2) is 6.12. The van der Waals surface area contributed by atoms with Gasteiger partial charge in [0, 0.05) is 11.3 Å². The maximum absolute atomic E-state index is 9.80. The minimum absolute atomic E-state index is 0.0263. The monoisotopic (exact) mass is 161 g/mol. The zero-order valence-electron chi connectivity index (χ0n) is 6.27. The number of unbranched alkanes of at least 4 members (excludes halogenated alkanes) is 2. The van der Waals surface area contributed by atoms with Crippen LogP contribution in [0.5, 0.6) is 0 Å². The van der Waals surface area contributed by atoms with E-state index in [4.69, 9.17) is 10.0 Å². The van der Waals surface area contributed by atoms with Crippen LogP contribution in [0.4, 0.5) is 0 Å². The molecule has 11 heavy (non-hydrogen) atoms. The third-order valence-electron chi connectivity index (χ3n) is 1.30. The van der Waals surface area contributed by atoms with Gasteiger partial charge in [-0.1, -0.05) is 6.42 Å². The normalized spacial score (nSPS) is 9.64. The summed E-state index contributed by atoms with van der Waals surface area (Å²) >= 11 is 0. The van der Waals surface area contributed by atoms with Crippen molar-refractivity contribution in [3.05, 3.63) is 10.1 Å². The van der Waals surface area contributed by atoms with E-state index in [2.05, 4.69) is 0 Å². The van der Waals surface area contributed by atoms with Gasteiger partial charge in [-0.15, -0.1) is 0 Å². The molecule has 2 N–H and O–H groups in total. The Hall–Kier alpha value is -0.615. The topological polar surface area (TPSA) is 83.6 Å². The van der Waals surface area contributed by atoms with Gasteiger partial charge < -0.3 is 10.0 Å². The summed E-state index contributed by atoms with van der Waals surface area (Å²) in [7, 11) is -1.27. The van der Waals surface area contributed by atoms with Crippen LogP contribution >= 0.6 is 0 Å². The summed E-state index contributed by atoms with van der Waals surface area (Å²) in [6.07, 6.45) is 2.13. The van der Waals surface area contributed by atoms with Crippen LogP contribution in [0.3, 0.4) is 0 Å². The number of nitro groups is 1.